The van der Waals surface area contributed by atoms with Crippen molar-refractivity contribution in [2.75, 3.05) is 14.2 Å². The lowest BCUT2D eigenvalue weighted by molar-refractivity contribution is -0.162. The Labute approximate surface area is 204 Å². The lowest BCUT2D eigenvalue weighted by Gasteiger charge is -2.34. The average molecular weight is 480 g/mol. The minimum absolute atomic E-state index is 0.306. The van der Waals surface area contributed by atoms with Crippen molar-refractivity contribution < 1.29 is 33.4 Å². The number of hydrogen-bond donors (Lipinski definition) is 0. The van der Waals surface area contributed by atoms with Crippen LogP contribution in [0.15, 0.2) is 72.3 Å². The van der Waals surface area contributed by atoms with Crippen LogP contribution in [0, 0.1) is 5.92 Å². The molecule has 1 aliphatic heterocycles. The van der Waals surface area contributed by atoms with E-state index >= 15 is 0 Å². The third-order valence-corrected chi connectivity index (χ3v) is 5.81. The van der Waals surface area contributed by atoms with Gasteiger partial charge in [-0.05, 0) is 31.1 Å². The maximum Gasteiger partial charge on any atom is 0.411 e. The molecule has 8 nitrogen and oxygen atoms in total. The molecular weight excluding hydrogens is 450 g/mol. The molecule has 1 heterocycles. The first-order valence-electron chi connectivity index (χ1n) is 11.2. The molecule has 0 bridgehead atoms. The van der Waals surface area contributed by atoms with E-state index in [1.165, 1.54) is 11.0 Å². The van der Waals surface area contributed by atoms with Gasteiger partial charge in [-0.3, -0.25) is 19.3 Å². The van der Waals surface area contributed by atoms with Crippen LogP contribution >= 0.6 is 0 Å². The van der Waals surface area contributed by atoms with Gasteiger partial charge >= 0.3 is 18.0 Å². The van der Waals surface area contributed by atoms with Gasteiger partial charge in [-0.2, -0.15) is 0 Å². The number of nitrogens with zero attached hydrogens (tertiary/aromatic N) is 1. The van der Waals surface area contributed by atoms with E-state index in [2.05, 4.69) is 0 Å². The number of ketones is 1. The Bertz CT molecular complexity index is 1080. The second-order valence-corrected chi connectivity index (χ2v) is 8.46. The number of rotatable bonds is 9. The van der Waals surface area contributed by atoms with E-state index in [1.807, 2.05) is 60.7 Å². The number of esters is 2. The van der Waals surface area contributed by atoms with Crippen LogP contribution in [0.4, 0.5) is 4.79 Å². The monoisotopic (exact) mass is 479 g/mol. The Kier molecular flexibility index (Phi) is 8.41. The molecule has 1 saturated heterocycles. The molecule has 0 N–H and O–H groups in total. The van der Waals surface area contributed by atoms with Gasteiger partial charge in [-0.1, -0.05) is 66.2 Å². The Morgan fingerprint density at radius 3 is 1.91 bits per heavy atom. The Morgan fingerprint density at radius 1 is 0.914 bits per heavy atom. The van der Waals surface area contributed by atoms with Crippen LogP contribution in [0.5, 0.6) is 0 Å². The summed E-state index contributed by atoms with van der Waals surface area (Å²) >= 11 is 0. The SMILES string of the molecule is COC(=O)C(C(=O)OC)[C@@H](CC(=O)C=C(C)C)N1C(=O)O[C@H](c2ccccc2)[C@@H]1c1ccccc1. The molecule has 0 radical (unpaired) electrons. The average Bonchev–Trinajstić information content (AvgIpc) is 3.20. The fraction of sp³-hybridized carbons (Fsp3) is 0.333. The predicted octanol–water partition coefficient (Wildman–Crippen LogP) is 4.18. The van der Waals surface area contributed by atoms with E-state index in [4.69, 9.17) is 14.2 Å². The van der Waals surface area contributed by atoms with Crippen LogP contribution in [-0.4, -0.2) is 49.0 Å². The number of benzene rings is 2. The zero-order valence-electron chi connectivity index (χ0n) is 20.2. The fourth-order valence-corrected chi connectivity index (χ4v) is 4.34. The Hall–Kier alpha value is -3.94. The van der Waals surface area contributed by atoms with E-state index in [0.29, 0.717) is 0 Å². The maximum atomic E-state index is 13.4. The summed E-state index contributed by atoms with van der Waals surface area (Å²) in [7, 11) is 2.27. The molecule has 2 aromatic rings. The standard InChI is InChI=1S/C27H29NO7/c1-17(2)15-20(29)16-21(22(25(30)33-3)26(31)34-4)28-23(18-11-7-5-8-12-18)24(35-27(28)32)19-13-9-6-10-14-19/h5-15,21-24H,16H2,1-4H3/t21-,23+,24-/m1/s1. The van der Waals surface area contributed by atoms with E-state index in [9.17, 15) is 19.2 Å². The molecule has 3 atom stereocenters. The second-order valence-electron chi connectivity index (χ2n) is 8.46. The number of amides is 1. The van der Waals surface area contributed by atoms with Crippen molar-refractivity contribution in [2.45, 2.75) is 38.5 Å². The highest BCUT2D eigenvalue weighted by Gasteiger charge is 2.52. The van der Waals surface area contributed by atoms with Gasteiger partial charge in [0.25, 0.3) is 0 Å². The minimum atomic E-state index is -1.55. The molecule has 0 aliphatic carbocycles. The van der Waals surface area contributed by atoms with Crippen LogP contribution in [0.3, 0.4) is 0 Å². The fourth-order valence-electron chi connectivity index (χ4n) is 4.34. The molecule has 0 aromatic heterocycles. The van der Waals surface area contributed by atoms with E-state index in [1.54, 1.807) is 13.8 Å². The molecular formula is C27H29NO7. The molecule has 1 fully saturated rings. The molecule has 1 aliphatic rings. The highest BCUT2D eigenvalue weighted by molar-refractivity contribution is 5.98. The van der Waals surface area contributed by atoms with Gasteiger partial charge in [0.2, 0.25) is 0 Å². The molecule has 0 spiro atoms. The first-order chi connectivity index (χ1) is 16.8. The van der Waals surface area contributed by atoms with Crippen molar-refractivity contribution in [3.05, 3.63) is 83.4 Å². The van der Waals surface area contributed by atoms with Gasteiger partial charge in [0.15, 0.2) is 17.8 Å². The summed E-state index contributed by atoms with van der Waals surface area (Å²) < 4.78 is 15.6. The molecule has 0 unspecified atom stereocenters. The van der Waals surface area contributed by atoms with Crippen LogP contribution in [0.2, 0.25) is 0 Å². The maximum absolute atomic E-state index is 13.4. The van der Waals surface area contributed by atoms with Gasteiger partial charge < -0.3 is 14.2 Å². The predicted molar refractivity (Wildman–Crippen MR) is 127 cm³/mol. The van der Waals surface area contributed by atoms with Crippen LogP contribution in [-0.2, 0) is 28.6 Å². The summed E-state index contributed by atoms with van der Waals surface area (Å²) in [4.78, 5) is 53.2. The molecule has 35 heavy (non-hydrogen) atoms. The van der Waals surface area contributed by atoms with Crippen molar-refractivity contribution in [1.82, 2.24) is 4.90 Å². The quantitative estimate of drug-likeness (QED) is 0.230. The Balaban J connectivity index is 2.18. The summed E-state index contributed by atoms with van der Waals surface area (Å²) in [5, 5.41) is 0. The second kappa shape index (κ2) is 11.5. The summed E-state index contributed by atoms with van der Waals surface area (Å²) in [6.07, 6.45) is -0.379. The highest BCUT2D eigenvalue weighted by atomic mass is 16.6. The minimum Gasteiger partial charge on any atom is -0.468 e. The van der Waals surface area contributed by atoms with E-state index in [0.717, 1.165) is 30.9 Å². The van der Waals surface area contributed by atoms with Gasteiger partial charge in [0.05, 0.1) is 20.3 Å². The summed E-state index contributed by atoms with van der Waals surface area (Å²) in [6, 6.07) is 16.4. The number of carbonyl (C=O) groups is 4. The third kappa shape index (κ3) is 5.77. The van der Waals surface area contributed by atoms with Crippen molar-refractivity contribution in [2.24, 2.45) is 5.92 Å². The van der Waals surface area contributed by atoms with E-state index < -0.39 is 42.1 Å². The molecule has 2 aromatic carbocycles. The molecule has 3 rings (SSSR count). The van der Waals surface area contributed by atoms with Gasteiger partial charge in [-0.25, -0.2) is 4.79 Å². The molecule has 0 saturated carbocycles. The van der Waals surface area contributed by atoms with Crippen molar-refractivity contribution in [3.8, 4) is 0 Å². The molecule has 8 heteroatoms. The number of methoxy groups -OCH3 is 2. The Morgan fingerprint density at radius 2 is 1.43 bits per heavy atom. The van der Waals surface area contributed by atoms with Gasteiger partial charge in [0.1, 0.15) is 6.04 Å². The third-order valence-electron chi connectivity index (χ3n) is 5.81. The number of hydrogen-bond acceptors (Lipinski definition) is 7. The first kappa shape index (κ1) is 25.7. The van der Waals surface area contributed by atoms with Crippen LogP contribution in [0.25, 0.3) is 0 Å². The number of allylic oxidation sites excluding steroid dienone is 2. The number of ether oxygens (including phenoxy) is 3. The topological polar surface area (TPSA) is 99.2 Å². The summed E-state index contributed by atoms with van der Waals surface area (Å²) in [6.45, 7) is 3.51. The van der Waals surface area contributed by atoms with Crippen molar-refractivity contribution in [3.63, 3.8) is 0 Å². The lowest BCUT2D eigenvalue weighted by atomic mass is 9.88. The number of carbonyl (C=O) groups excluding carboxylic acids is 4. The number of cyclic esters (lactones) is 1. The highest BCUT2D eigenvalue weighted by Crippen LogP contribution is 2.45. The zero-order valence-corrected chi connectivity index (χ0v) is 20.2. The largest absolute Gasteiger partial charge is 0.468 e. The lowest BCUT2D eigenvalue weighted by Crippen LogP contribution is -2.50. The van der Waals surface area contributed by atoms with Crippen LogP contribution < -0.4 is 0 Å². The van der Waals surface area contributed by atoms with Crippen molar-refractivity contribution >= 4 is 23.8 Å². The normalized spacial score (nSPS) is 18.0. The zero-order chi connectivity index (χ0) is 25.5. The van der Waals surface area contributed by atoms with Crippen LogP contribution in [0.1, 0.15) is 43.5 Å². The smallest absolute Gasteiger partial charge is 0.411 e. The summed E-state index contributed by atoms with van der Waals surface area (Å²) in [5.41, 5.74) is 2.20. The first-order valence-corrected chi connectivity index (χ1v) is 11.2. The van der Waals surface area contributed by atoms with Gasteiger partial charge in [-0.15, -0.1) is 0 Å². The molecule has 1 amide bonds. The molecule has 184 valence electrons. The van der Waals surface area contributed by atoms with E-state index in [-0.39, 0.29) is 12.2 Å². The van der Waals surface area contributed by atoms with Gasteiger partial charge in [0, 0.05) is 6.42 Å². The van der Waals surface area contributed by atoms with Crippen molar-refractivity contribution in [1.29, 1.82) is 0 Å². The summed E-state index contributed by atoms with van der Waals surface area (Å²) in [5.74, 6) is -3.72.